The summed E-state index contributed by atoms with van der Waals surface area (Å²) in [4.78, 5) is 15.2. The molecule has 1 atom stereocenters. The number of nitrogens with zero attached hydrogens (tertiary/aromatic N) is 1. The Kier molecular flexibility index (Phi) is 7.13. The zero-order valence-corrected chi connectivity index (χ0v) is 19.4. The van der Waals surface area contributed by atoms with Crippen LogP contribution in [0.15, 0.2) is 66.7 Å². The number of carbonyl (C=O) groups excluding carboxylic acids is 1. The molecule has 0 spiro atoms. The molecule has 1 amide bonds. The lowest BCUT2D eigenvalue weighted by atomic mass is 10.0. The number of likely N-dealkylation sites (tertiary alicyclic amines) is 1. The molecule has 3 aromatic rings. The first-order valence-electron chi connectivity index (χ1n) is 11.0. The zero-order valence-electron chi connectivity index (χ0n) is 18.6. The van der Waals surface area contributed by atoms with Crippen LogP contribution >= 0.6 is 11.6 Å². The largest absolute Gasteiger partial charge is 0.496 e. The Hall–Kier alpha value is -2.82. The van der Waals surface area contributed by atoms with Gasteiger partial charge in [0.1, 0.15) is 5.75 Å². The van der Waals surface area contributed by atoms with Crippen LogP contribution in [-0.4, -0.2) is 37.0 Å². The third-order valence-corrected chi connectivity index (χ3v) is 6.44. The molecule has 1 aliphatic heterocycles. The normalized spacial score (nSPS) is 16.5. The lowest BCUT2D eigenvalue weighted by Crippen LogP contribution is -2.47. The summed E-state index contributed by atoms with van der Waals surface area (Å²) in [7, 11) is 1.59. The maximum Gasteiger partial charge on any atom is 0.255 e. The van der Waals surface area contributed by atoms with Gasteiger partial charge in [-0.25, -0.2) is 0 Å². The number of hydrogen-bond acceptors (Lipinski definition) is 3. The molecule has 1 unspecified atom stereocenters. The molecule has 1 fully saturated rings. The number of amides is 1. The van der Waals surface area contributed by atoms with Gasteiger partial charge < -0.3 is 10.1 Å². The van der Waals surface area contributed by atoms with Crippen molar-refractivity contribution in [3.63, 3.8) is 0 Å². The minimum absolute atomic E-state index is 0.0763. The monoisotopic (exact) mass is 448 g/mol. The Balaban J connectivity index is 1.41. The smallest absolute Gasteiger partial charge is 0.255 e. The topological polar surface area (TPSA) is 41.6 Å². The third kappa shape index (κ3) is 5.32. The molecule has 3 aromatic carbocycles. The molecule has 0 radical (unpaired) electrons. The van der Waals surface area contributed by atoms with Crippen LogP contribution in [0.4, 0.5) is 0 Å². The van der Waals surface area contributed by atoms with E-state index in [2.05, 4.69) is 46.6 Å². The van der Waals surface area contributed by atoms with E-state index in [4.69, 9.17) is 16.3 Å². The van der Waals surface area contributed by atoms with Gasteiger partial charge in [-0.3, -0.25) is 9.69 Å². The van der Waals surface area contributed by atoms with E-state index in [0.29, 0.717) is 11.3 Å². The molecule has 5 heteroatoms. The van der Waals surface area contributed by atoms with Crippen LogP contribution in [0.25, 0.3) is 11.1 Å². The van der Waals surface area contributed by atoms with Crippen molar-refractivity contribution >= 4 is 17.5 Å². The molecule has 166 valence electrons. The van der Waals surface area contributed by atoms with Gasteiger partial charge in [0.15, 0.2) is 0 Å². The van der Waals surface area contributed by atoms with Crippen LogP contribution in [-0.2, 0) is 6.54 Å². The van der Waals surface area contributed by atoms with Gasteiger partial charge in [-0.05, 0) is 72.8 Å². The molecule has 0 aliphatic carbocycles. The lowest BCUT2D eigenvalue weighted by Gasteiger charge is -2.33. The summed E-state index contributed by atoms with van der Waals surface area (Å²) >= 11 is 6.33. The minimum Gasteiger partial charge on any atom is -0.496 e. The van der Waals surface area contributed by atoms with Crippen LogP contribution in [0, 0.1) is 6.92 Å². The minimum atomic E-state index is -0.0763. The fourth-order valence-electron chi connectivity index (χ4n) is 4.29. The van der Waals surface area contributed by atoms with Crippen LogP contribution in [0.5, 0.6) is 5.75 Å². The molecular weight excluding hydrogens is 420 g/mol. The zero-order chi connectivity index (χ0) is 22.5. The van der Waals surface area contributed by atoms with Gasteiger partial charge in [0.2, 0.25) is 0 Å². The number of nitrogens with one attached hydrogen (secondary N) is 1. The third-order valence-electron chi connectivity index (χ3n) is 6.03. The summed E-state index contributed by atoms with van der Waals surface area (Å²) in [5.74, 6) is 0.526. The summed E-state index contributed by atoms with van der Waals surface area (Å²) in [5, 5.41) is 3.99. The van der Waals surface area contributed by atoms with E-state index < -0.39 is 0 Å². The van der Waals surface area contributed by atoms with E-state index in [1.54, 1.807) is 13.2 Å². The van der Waals surface area contributed by atoms with Crippen LogP contribution in [0.3, 0.4) is 0 Å². The number of benzene rings is 3. The number of piperidine rings is 1. The molecule has 1 aliphatic rings. The number of methoxy groups -OCH3 is 1. The molecule has 1 N–H and O–H groups in total. The van der Waals surface area contributed by atoms with Crippen molar-refractivity contribution in [3.8, 4) is 16.9 Å². The van der Waals surface area contributed by atoms with E-state index in [0.717, 1.165) is 48.6 Å². The van der Waals surface area contributed by atoms with Gasteiger partial charge in [0.25, 0.3) is 5.91 Å². The molecule has 0 saturated carbocycles. The molecule has 4 nitrogen and oxygen atoms in total. The van der Waals surface area contributed by atoms with Crippen molar-refractivity contribution in [3.05, 3.63) is 88.4 Å². The SMILES string of the molecule is COc1ccccc1C(=O)NC1CCCN(Cc2cccc(-c3ccc(C)c(Cl)c3)c2)C1. The standard InChI is InChI=1S/C27H29ClN2O2/c1-19-12-13-22(16-25(19)28)21-8-5-7-20(15-21)17-30-14-6-9-23(18-30)29-27(31)24-10-3-4-11-26(24)32-2/h3-5,7-8,10-13,15-16,23H,6,9,14,17-18H2,1-2H3,(H,29,31). The number of aryl methyl sites for hydroxylation is 1. The second kappa shape index (κ2) is 10.2. The van der Waals surface area contributed by atoms with Gasteiger partial charge in [-0.2, -0.15) is 0 Å². The first-order chi connectivity index (χ1) is 15.5. The highest BCUT2D eigenvalue weighted by atomic mass is 35.5. The number of para-hydroxylation sites is 1. The van der Waals surface area contributed by atoms with Gasteiger partial charge in [0.05, 0.1) is 12.7 Å². The number of carbonyl (C=O) groups is 1. The number of hydrogen-bond donors (Lipinski definition) is 1. The number of halogens is 1. The quantitative estimate of drug-likeness (QED) is 0.524. The molecular formula is C27H29ClN2O2. The average molecular weight is 449 g/mol. The van der Waals surface area contributed by atoms with E-state index in [1.807, 2.05) is 31.2 Å². The molecule has 1 saturated heterocycles. The second-order valence-electron chi connectivity index (χ2n) is 8.41. The second-order valence-corrected chi connectivity index (χ2v) is 8.82. The van der Waals surface area contributed by atoms with E-state index in [9.17, 15) is 4.79 Å². The van der Waals surface area contributed by atoms with Crippen molar-refractivity contribution in [2.75, 3.05) is 20.2 Å². The van der Waals surface area contributed by atoms with Crippen LogP contribution in [0.2, 0.25) is 5.02 Å². The average Bonchev–Trinajstić information content (AvgIpc) is 2.81. The molecule has 1 heterocycles. The number of ether oxygens (including phenoxy) is 1. The Morgan fingerprint density at radius 2 is 1.91 bits per heavy atom. The van der Waals surface area contributed by atoms with Gasteiger partial charge in [-0.15, -0.1) is 0 Å². The van der Waals surface area contributed by atoms with E-state index in [-0.39, 0.29) is 11.9 Å². The highest BCUT2D eigenvalue weighted by Gasteiger charge is 2.23. The first kappa shape index (κ1) is 22.4. The first-order valence-corrected chi connectivity index (χ1v) is 11.4. The number of rotatable bonds is 6. The van der Waals surface area contributed by atoms with Crippen molar-refractivity contribution in [2.24, 2.45) is 0 Å². The highest BCUT2D eigenvalue weighted by Crippen LogP contribution is 2.27. The van der Waals surface area contributed by atoms with E-state index in [1.165, 1.54) is 11.1 Å². The molecule has 0 aromatic heterocycles. The van der Waals surface area contributed by atoms with Crippen molar-refractivity contribution in [1.29, 1.82) is 0 Å². The molecule has 4 rings (SSSR count). The highest BCUT2D eigenvalue weighted by molar-refractivity contribution is 6.31. The lowest BCUT2D eigenvalue weighted by molar-refractivity contribution is 0.0898. The summed E-state index contributed by atoms with van der Waals surface area (Å²) in [6.45, 7) is 4.74. The Morgan fingerprint density at radius 3 is 2.72 bits per heavy atom. The summed E-state index contributed by atoms with van der Waals surface area (Å²) in [6, 6.07) is 22.3. The van der Waals surface area contributed by atoms with Crippen LogP contribution in [0.1, 0.15) is 34.3 Å². The Labute approximate surface area is 195 Å². The molecule has 0 bridgehead atoms. The van der Waals surface area contributed by atoms with E-state index >= 15 is 0 Å². The fourth-order valence-corrected chi connectivity index (χ4v) is 4.47. The van der Waals surface area contributed by atoms with Crippen molar-refractivity contribution in [2.45, 2.75) is 32.4 Å². The Morgan fingerprint density at radius 1 is 1.09 bits per heavy atom. The van der Waals surface area contributed by atoms with Crippen LogP contribution < -0.4 is 10.1 Å². The summed E-state index contributed by atoms with van der Waals surface area (Å²) in [5.41, 5.74) is 5.22. The predicted molar refractivity (Wildman–Crippen MR) is 130 cm³/mol. The molecule has 32 heavy (non-hydrogen) atoms. The predicted octanol–water partition coefficient (Wildman–Crippen LogP) is 5.72. The Bertz CT molecular complexity index is 1100. The van der Waals surface area contributed by atoms with Crippen molar-refractivity contribution in [1.82, 2.24) is 10.2 Å². The fraction of sp³-hybridized carbons (Fsp3) is 0.296. The summed E-state index contributed by atoms with van der Waals surface area (Å²) < 4.78 is 5.34. The summed E-state index contributed by atoms with van der Waals surface area (Å²) in [6.07, 6.45) is 2.05. The van der Waals surface area contributed by atoms with Crippen molar-refractivity contribution < 1.29 is 9.53 Å². The van der Waals surface area contributed by atoms with Gasteiger partial charge in [0, 0.05) is 24.2 Å². The van der Waals surface area contributed by atoms with Gasteiger partial charge >= 0.3 is 0 Å². The van der Waals surface area contributed by atoms with Gasteiger partial charge in [-0.1, -0.05) is 54.1 Å². The maximum atomic E-state index is 12.8. The maximum absolute atomic E-state index is 12.8.